The van der Waals surface area contributed by atoms with E-state index in [0.29, 0.717) is 36.8 Å². The molecule has 2 aromatic heterocycles. The Hall–Kier alpha value is -2.93. The molecule has 2 heterocycles. The van der Waals surface area contributed by atoms with E-state index < -0.39 is 0 Å². The molecule has 0 saturated carbocycles. The van der Waals surface area contributed by atoms with Crippen molar-refractivity contribution in [1.29, 1.82) is 0 Å². The van der Waals surface area contributed by atoms with E-state index in [4.69, 9.17) is 11.6 Å². The molecule has 1 amide bonds. The molecule has 0 spiro atoms. The second-order valence-electron chi connectivity index (χ2n) is 6.01. The molecule has 0 unspecified atom stereocenters. The minimum atomic E-state index is 0.00851. The van der Waals surface area contributed by atoms with Crippen LogP contribution in [0.3, 0.4) is 0 Å². The predicted octanol–water partition coefficient (Wildman–Crippen LogP) is 2.79. The number of hydrogen-bond acceptors (Lipinski definition) is 5. The van der Waals surface area contributed by atoms with Gasteiger partial charge in [0.05, 0.1) is 0 Å². The molecule has 2 N–H and O–H groups in total. The number of nitrogens with one attached hydrogen (secondary N) is 2. The summed E-state index contributed by atoms with van der Waals surface area (Å²) in [6.07, 6.45) is 6.17. The molecule has 0 aliphatic heterocycles. The van der Waals surface area contributed by atoms with E-state index in [1.54, 1.807) is 6.20 Å². The highest BCUT2D eigenvalue weighted by atomic mass is 35.5. The molecule has 27 heavy (non-hydrogen) atoms. The Bertz CT molecular complexity index is 910. The van der Waals surface area contributed by atoms with Crippen LogP contribution in [0.4, 0.5) is 5.82 Å². The first kappa shape index (κ1) is 18.8. The second-order valence-corrected chi connectivity index (χ2v) is 6.45. The number of aromatic nitrogens is 4. The van der Waals surface area contributed by atoms with Crippen LogP contribution < -0.4 is 10.6 Å². The summed E-state index contributed by atoms with van der Waals surface area (Å²) >= 11 is 5.95. The van der Waals surface area contributed by atoms with Crippen molar-refractivity contribution >= 4 is 23.3 Å². The maximum absolute atomic E-state index is 12.0. The van der Waals surface area contributed by atoms with Crippen LogP contribution in [0.2, 0.25) is 5.02 Å². The van der Waals surface area contributed by atoms with Crippen molar-refractivity contribution in [2.75, 3.05) is 18.4 Å². The van der Waals surface area contributed by atoms with Crippen molar-refractivity contribution in [3.05, 3.63) is 65.5 Å². The molecule has 0 radical (unpaired) electrons. The third-order valence-corrected chi connectivity index (χ3v) is 4.24. The number of amides is 1. The van der Waals surface area contributed by atoms with E-state index >= 15 is 0 Å². The lowest BCUT2D eigenvalue weighted by molar-refractivity contribution is -0.120. The number of halogens is 1. The Kier molecular flexibility index (Phi) is 6.38. The monoisotopic (exact) mass is 384 g/mol. The van der Waals surface area contributed by atoms with E-state index in [1.807, 2.05) is 48.0 Å². The zero-order valence-electron chi connectivity index (χ0n) is 15.0. The molecular formula is C19H21ClN6O. The zero-order chi connectivity index (χ0) is 19.1. The van der Waals surface area contributed by atoms with E-state index in [1.165, 1.54) is 6.33 Å². The quantitative estimate of drug-likeness (QED) is 0.583. The molecule has 3 aromatic rings. The van der Waals surface area contributed by atoms with Crippen LogP contribution in [-0.2, 0) is 11.2 Å². The lowest BCUT2D eigenvalue weighted by atomic mass is 10.1. The van der Waals surface area contributed by atoms with Gasteiger partial charge in [-0.1, -0.05) is 23.7 Å². The summed E-state index contributed by atoms with van der Waals surface area (Å²) in [5.74, 6) is 2.30. The molecule has 1 aromatic carbocycles. The number of nitrogens with zero attached hydrogens (tertiary/aromatic N) is 4. The highest BCUT2D eigenvalue weighted by Gasteiger charge is 2.05. The summed E-state index contributed by atoms with van der Waals surface area (Å²) < 4.78 is 1.88. The number of rotatable bonds is 8. The van der Waals surface area contributed by atoms with Gasteiger partial charge in [0.25, 0.3) is 0 Å². The van der Waals surface area contributed by atoms with Crippen LogP contribution >= 0.6 is 11.6 Å². The standard InChI is InChI=1S/C19H21ClN6O/c1-14-21-9-10-26(14)18-12-17(24-13-25-18)22-7-8-23-19(27)6-5-15-3-2-4-16(20)11-15/h2-4,9-13H,5-8H2,1H3,(H,23,27)(H,22,24,25). The van der Waals surface area contributed by atoms with Gasteiger partial charge >= 0.3 is 0 Å². The molecule has 7 nitrogen and oxygen atoms in total. The Balaban J connectivity index is 1.41. The molecule has 140 valence electrons. The number of carbonyl (C=O) groups is 1. The molecule has 8 heteroatoms. The van der Waals surface area contributed by atoms with Crippen LogP contribution in [0.5, 0.6) is 0 Å². The number of aryl methyl sites for hydroxylation is 2. The number of hydrogen-bond donors (Lipinski definition) is 2. The van der Waals surface area contributed by atoms with Gasteiger partial charge in [-0.05, 0) is 31.0 Å². The lowest BCUT2D eigenvalue weighted by Crippen LogP contribution is -2.29. The lowest BCUT2D eigenvalue weighted by Gasteiger charge is -2.09. The normalized spacial score (nSPS) is 10.6. The molecule has 0 bridgehead atoms. The van der Waals surface area contributed by atoms with Crippen molar-refractivity contribution in [3.63, 3.8) is 0 Å². The van der Waals surface area contributed by atoms with Crippen LogP contribution in [0, 0.1) is 6.92 Å². The summed E-state index contributed by atoms with van der Waals surface area (Å²) in [5.41, 5.74) is 1.05. The summed E-state index contributed by atoms with van der Waals surface area (Å²) in [5, 5.41) is 6.77. The van der Waals surface area contributed by atoms with Gasteiger partial charge < -0.3 is 10.6 Å². The van der Waals surface area contributed by atoms with Gasteiger partial charge in [-0.15, -0.1) is 0 Å². The molecule has 0 fully saturated rings. The van der Waals surface area contributed by atoms with Crippen molar-refractivity contribution in [1.82, 2.24) is 24.8 Å². The Labute approximate surface area is 162 Å². The van der Waals surface area contributed by atoms with E-state index in [9.17, 15) is 4.79 Å². The minimum absolute atomic E-state index is 0.00851. The van der Waals surface area contributed by atoms with Gasteiger partial charge in [0.15, 0.2) is 0 Å². The SMILES string of the molecule is Cc1nccn1-c1cc(NCCNC(=O)CCc2cccc(Cl)c2)ncn1. The third-order valence-electron chi connectivity index (χ3n) is 4.01. The van der Waals surface area contributed by atoms with Gasteiger partial charge in [-0.2, -0.15) is 0 Å². The molecule has 0 aliphatic rings. The smallest absolute Gasteiger partial charge is 0.220 e. The highest BCUT2D eigenvalue weighted by Crippen LogP contribution is 2.12. The first-order valence-electron chi connectivity index (χ1n) is 8.69. The molecular weight excluding hydrogens is 364 g/mol. The minimum Gasteiger partial charge on any atom is -0.368 e. The van der Waals surface area contributed by atoms with Gasteiger partial charge in [-0.3, -0.25) is 9.36 Å². The third kappa shape index (κ3) is 5.52. The van der Waals surface area contributed by atoms with Crippen molar-refractivity contribution in [2.45, 2.75) is 19.8 Å². The van der Waals surface area contributed by atoms with Crippen molar-refractivity contribution in [2.24, 2.45) is 0 Å². The first-order valence-corrected chi connectivity index (χ1v) is 9.07. The Morgan fingerprint density at radius 2 is 2.07 bits per heavy atom. The summed E-state index contributed by atoms with van der Waals surface area (Å²) in [7, 11) is 0. The largest absolute Gasteiger partial charge is 0.368 e. The zero-order valence-corrected chi connectivity index (χ0v) is 15.8. The van der Waals surface area contributed by atoms with Crippen molar-refractivity contribution in [3.8, 4) is 5.82 Å². The fraction of sp³-hybridized carbons (Fsp3) is 0.263. The van der Waals surface area contributed by atoms with E-state index in [-0.39, 0.29) is 5.91 Å². The van der Waals surface area contributed by atoms with Crippen LogP contribution in [0.25, 0.3) is 5.82 Å². The molecule has 0 saturated heterocycles. The average molecular weight is 385 g/mol. The summed E-state index contributed by atoms with van der Waals surface area (Å²) in [6.45, 7) is 2.99. The van der Waals surface area contributed by atoms with Gasteiger partial charge in [-0.25, -0.2) is 15.0 Å². The van der Waals surface area contributed by atoms with Gasteiger partial charge in [0.1, 0.15) is 23.8 Å². The molecule has 3 rings (SSSR count). The molecule has 0 aliphatic carbocycles. The van der Waals surface area contributed by atoms with Crippen molar-refractivity contribution < 1.29 is 4.79 Å². The number of benzene rings is 1. The number of anilines is 1. The average Bonchev–Trinajstić information content (AvgIpc) is 3.10. The maximum Gasteiger partial charge on any atom is 0.220 e. The first-order chi connectivity index (χ1) is 13.1. The maximum atomic E-state index is 12.0. The summed E-state index contributed by atoms with van der Waals surface area (Å²) in [4.78, 5) is 24.6. The molecule has 0 atom stereocenters. The van der Waals surface area contributed by atoms with E-state index in [0.717, 1.165) is 17.2 Å². The Morgan fingerprint density at radius 1 is 1.19 bits per heavy atom. The van der Waals surface area contributed by atoms with Crippen LogP contribution in [0.15, 0.2) is 49.1 Å². The second kappa shape index (κ2) is 9.14. The highest BCUT2D eigenvalue weighted by molar-refractivity contribution is 6.30. The van der Waals surface area contributed by atoms with Gasteiger partial charge in [0.2, 0.25) is 5.91 Å². The number of carbonyl (C=O) groups excluding carboxylic acids is 1. The van der Waals surface area contributed by atoms with Gasteiger partial charge in [0, 0.05) is 43.0 Å². The predicted molar refractivity (Wildman–Crippen MR) is 105 cm³/mol. The number of imidazole rings is 1. The van der Waals surface area contributed by atoms with Crippen LogP contribution in [-0.4, -0.2) is 38.5 Å². The summed E-state index contributed by atoms with van der Waals surface area (Å²) in [6, 6.07) is 9.40. The fourth-order valence-corrected chi connectivity index (χ4v) is 2.84. The van der Waals surface area contributed by atoms with Crippen LogP contribution in [0.1, 0.15) is 17.8 Å². The fourth-order valence-electron chi connectivity index (χ4n) is 2.63. The topological polar surface area (TPSA) is 84.7 Å². The van der Waals surface area contributed by atoms with E-state index in [2.05, 4.69) is 25.6 Å². The Morgan fingerprint density at radius 3 is 2.85 bits per heavy atom.